The molecule has 0 radical (unpaired) electrons. The summed E-state index contributed by atoms with van der Waals surface area (Å²) >= 11 is 0. The monoisotopic (exact) mass is 961 g/mol. The number of unbranched alkanes of at least 4 members (excludes halogenated alkanes) is 33. The van der Waals surface area contributed by atoms with Crippen LogP contribution in [0.5, 0.6) is 0 Å². The number of esters is 2. The van der Waals surface area contributed by atoms with Gasteiger partial charge < -0.3 is 34.3 Å². The Bertz CT molecular complexity index is 1260. The second-order valence-electron chi connectivity index (χ2n) is 19.3. The normalized spacial score (nSPS) is 19.4. The zero-order chi connectivity index (χ0) is 48.4. The number of carbonyl (C=O) groups excluding carboxylic acids is 2. The number of aliphatic hydroxyl groups is 3. The molecular weight excluding hydrogens is 861 g/mol. The van der Waals surface area contributed by atoms with Gasteiger partial charge in [-0.1, -0.05) is 219 Å². The minimum atomic E-state index is -4.60. The van der Waals surface area contributed by atoms with Crippen molar-refractivity contribution in [1.29, 1.82) is 0 Å². The Kier molecular flexibility index (Phi) is 41.0. The lowest BCUT2D eigenvalue weighted by Crippen LogP contribution is -2.60. The SMILES string of the molecule is CCCCCCCC/C=C/CCCCCCCCCCCCCC(=O)OC[C@H](CO[C@H]1O[C@H](CS(=O)(=O)O)[C@@H](O)C(O)C1O)OC(=O)CCCCCCCCCCCCCCCCCCC. The van der Waals surface area contributed by atoms with Crippen LogP contribution < -0.4 is 0 Å². The van der Waals surface area contributed by atoms with Crippen molar-refractivity contribution < 1.29 is 56.8 Å². The Morgan fingerprint density at radius 3 is 1.26 bits per heavy atom. The van der Waals surface area contributed by atoms with Crippen LogP contribution in [0.2, 0.25) is 0 Å². The maximum absolute atomic E-state index is 12.9. The molecule has 0 aromatic rings. The summed E-state index contributed by atoms with van der Waals surface area (Å²) in [6, 6.07) is 0. The van der Waals surface area contributed by atoms with Crippen LogP contribution in [0.15, 0.2) is 12.2 Å². The molecule has 1 aliphatic heterocycles. The highest BCUT2D eigenvalue weighted by Gasteiger charge is 2.46. The maximum atomic E-state index is 12.9. The van der Waals surface area contributed by atoms with Crippen molar-refractivity contribution in [1.82, 2.24) is 0 Å². The number of rotatable bonds is 47. The molecule has 2 unspecified atom stereocenters. The molecule has 0 aromatic heterocycles. The van der Waals surface area contributed by atoms with Crippen molar-refractivity contribution in [2.45, 2.75) is 295 Å². The molecule has 12 nitrogen and oxygen atoms in total. The highest BCUT2D eigenvalue weighted by molar-refractivity contribution is 7.85. The first kappa shape index (κ1) is 62.4. The van der Waals surface area contributed by atoms with Crippen molar-refractivity contribution in [2.75, 3.05) is 19.0 Å². The molecule has 390 valence electrons. The van der Waals surface area contributed by atoms with Gasteiger partial charge in [-0.3, -0.25) is 14.1 Å². The Morgan fingerprint density at radius 1 is 0.500 bits per heavy atom. The molecule has 0 aliphatic carbocycles. The van der Waals surface area contributed by atoms with E-state index in [0.29, 0.717) is 12.8 Å². The fraction of sp³-hybridized carbons (Fsp3) is 0.925. The summed E-state index contributed by atoms with van der Waals surface area (Å²) in [5.74, 6) is -1.96. The van der Waals surface area contributed by atoms with E-state index in [0.717, 1.165) is 38.5 Å². The molecule has 1 fully saturated rings. The van der Waals surface area contributed by atoms with Crippen molar-refractivity contribution in [3.05, 3.63) is 12.2 Å². The quantitative estimate of drug-likeness (QED) is 0.0196. The van der Waals surface area contributed by atoms with Crippen molar-refractivity contribution in [3.63, 3.8) is 0 Å². The van der Waals surface area contributed by atoms with Gasteiger partial charge in [-0.05, 0) is 38.5 Å². The smallest absolute Gasteiger partial charge is 0.306 e. The summed E-state index contributed by atoms with van der Waals surface area (Å²) < 4.78 is 54.3. The Hall–Kier alpha value is -1.61. The van der Waals surface area contributed by atoms with Crippen LogP contribution in [0, 0.1) is 0 Å². The zero-order valence-corrected chi connectivity index (χ0v) is 42.9. The molecular formula is C53H100O12S. The van der Waals surface area contributed by atoms with E-state index in [-0.39, 0.29) is 19.4 Å². The summed E-state index contributed by atoms with van der Waals surface area (Å²) in [5, 5.41) is 31.0. The number of aliphatic hydroxyl groups excluding tert-OH is 3. The summed E-state index contributed by atoms with van der Waals surface area (Å²) in [4.78, 5) is 25.6. The average Bonchev–Trinajstić information content (AvgIpc) is 3.28. The fourth-order valence-corrected chi connectivity index (χ4v) is 9.31. The highest BCUT2D eigenvalue weighted by atomic mass is 32.2. The van der Waals surface area contributed by atoms with Crippen LogP contribution in [-0.2, 0) is 38.7 Å². The number of hydrogen-bond donors (Lipinski definition) is 4. The molecule has 13 heteroatoms. The van der Waals surface area contributed by atoms with E-state index in [1.807, 2.05) is 0 Å². The number of ether oxygens (including phenoxy) is 4. The first-order chi connectivity index (χ1) is 32.0. The van der Waals surface area contributed by atoms with E-state index in [1.54, 1.807) is 0 Å². The highest BCUT2D eigenvalue weighted by Crippen LogP contribution is 2.24. The maximum Gasteiger partial charge on any atom is 0.306 e. The second-order valence-corrected chi connectivity index (χ2v) is 20.8. The predicted octanol–water partition coefficient (Wildman–Crippen LogP) is 12.6. The van der Waals surface area contributed by atoms with Crippen LogP contribution in [0.3, 0.4) is 0 Å². The van der Waals surface area contributed by atoms with Gasteiger partial charge in [0, 0.05) is 12.8 Å². The molecule has 66 heavy (non-hydrogen) atoms. The minimum Gasteiger partial charge on any atom is -0.462 e. The van der Waals surface area contributed by atoms with Gasteiger partial charge in [0.2, 0.25) is 0 Å². The van der Waals surface area contributed by atoms with E-state index in [1.165, 1.54) is 180 Å². The van der Waals surface area contributed by atoms with Crippen LogP contribution in [-0.4, -0.2) is 96.0 Å². The van der Waals surface area contributed by atoms with Gasteiger partial charge in [-0.25, -0.2) is 0 Å². The molecule has 6 atom stereocenters. The topological polar surface area (TPSA) is 186 Å². The third kappa shape index (κ3) is 37.3. The molecule has 0 bridgehead atoms. The zero-order valence-electron chi connectivity index (χ0n) is 42.1. The Morgan fingerprint density at radius 2 is 0.864 bits per heavy atom. The molecule has 4 N–H and O–H groups in total. The average molecular weight is 961 g/mol. The largest absolute Gasteiger partial charge is 0.462 e. The third-order valence-electron chi connectivity index (χ3n) is 12.8. The fourth-order valence-electron chi connectivity index (χ4n) is 8.62. The molecule has 0 saturated carbocycles. The standard InChI is InChI=1S/C53H100O12S/c1-3-5-7-9-11-13-15-17-19-21-22-23-24-26-27-29-31-33-35-37-39-41-48(54)62-43-46(44-63-53-52(58)51(57)50(56)47(65-53)45-66(59,60)61)64-49(55)42-40-38-36-34-32-30-28-25-20-18-16-14-12-10-8-6-4-2/h17,19,46-47,50-53,56-58H,3-16,18,20-45H2,1-2H3,(H,59,60,61)/b19-17+/t46-,47-,50-,51?,52?,53+/m1/s1. The van der Waals surface area contributed by atoms with Gasteiger partial charge in [0.15, 0.2) is 12.4 Å². The van der Waals surface area contributed by atoms with Gasteiger partial charge in [-0.2, -0.15) is 8.42 Å². The van der Waals surface area contributed by atoms with E-state index >= 15 is 0 Å². The van der Waals surface area contributed by atoms with Gasteiger partial charge in [-0.15, -0.1) is 0 Å². The predicted molar refractivity (Wildman–Crippen MR) is 266 cm³/mol. The van der Waals surface area contributed by atoms with Crippen LogP contribution >= 0.6 is 0 Å². The molecule has 0 amide bonds. The number of carbonyl (C=O) groups is 2. The van der Waals surface area contributed by atoms with Crippen LogP contribution in [0.4, 0.5) is 0 Å². The summed E-state index contributed by atoms with van der Waals surface area (Å²) in [7, 11) is -4.60. The first-order valence-electron chi connectivity index (χ1n) is 27.2. The van der Waals surface area contributed by atoms with Crippen LogP contribution in [0.1, 0.15) is 258 Å². The summed E-state index contributed by atoms with van der Waals surface area (Å²) in [5.41, 5.74) is 0. The van der Waals surface area contributed by atoms with Crippen molar-refractivity contribution in [3.8, 4) is 0 Å². The lowest BCUT2D eigenvalue weighted by Gasteiger charge is -2.40. The molecule has 1 rings (SSSR count). The second kappa shape index (κ2) is 43.4. The number of allylic oxidation sites excluding steroid dienone is 2. The molecule has 0 spiro atoms. The van der Waals surface area contributed by atoms with Gasteiger partial charge in [0.1, 0.15) is 36.8 Å². The Labute approximate surface area is 403 Å². The lowest BCUT2D eigenvalue weighted by molar-refractivity contribution is -0.297. The molecule has 1 heterocycles. The summed E-state index contributed by atoms with van der Waals surface area (Å²) in [6.07, 6.45) is 39.6. The van der Waals surface area contributed by atoms with Gasteiger partial charge in [0.05, 0.1) is 6.61 Å². The van der Waals surface area contributed by atoms with Crippen molar-refractivity contribution >= 4 is 22.1 Å². The minimum absolute atomic E-state index is 0.171. The van der Waals surface area contributed by atoms with Gasteiger partial charge in [0.25, 0.3) is 10.1 Å². The van der Waals surface area contributed by atoms with E-state index in [2.05, 4.69) is 26.0 Å². The van der Waals surface area contributed by atoms with Crippen LogP contribution in [0.25, 0.3) is 0 Å². The first-order valence-corrected chi connectivity index (χ1v) is 28.9. The number of hydrogen-bond acceptors (Lipinski definition) is 11. The molecule has 0 aromatic carbocycles. The van der Waals surface area contributed by atoms with E-state index in [9.17, 15) is 37.9 Å². The van der Waals surface area contributed by atoms with E-state index < -0.39 is 71.2 Å². The van der Waals surface area contributed by atoms with Gasteiger partial charge >= 0.3 is 11.9 Å². The Balaban J connectivity index is 2.32. The lowest BCUT2D eigenvalue weighted by atomic mass is 10.00. The third-order valence-corrected chi connectivity index (χ3v) is 13.6. The van der Waals surface area contributed by atoms with E-state index in [4.69, 9.17) is 18.9 Å². The van der Waals surface area contributed by atoms with Crippen molar-refractivity contribution in [2.24, 2.45) is 0 Å². The molecule has 1 aliphatic rings. The summed E-state index contributed by atoms with van der Waals surface area (Å²) in [6.45, 7) is 3.81. The molecule has 1 saturated heterocycles.